The van der Waals surface area contributed by atoms with Crippen LogP contribution in [0.4, 0.5) is 18.0 Å². The number of rotatable bonds is 10. The fourth-order valence-corrected chi connectivity index (χ4v) is 6.85. The van der Waals surface area contributed by atoms with Gasteiger partial charge in [0.05, 0.1) is 42.6 Å². The van der Waals surface area contributed by atoms with Gasteiger partial charge in [-0.3, -0.25) is 14.5 Å². The molecule has 0 aromatic heterocycles. The van der Waals surface area contributed by atoms with E-state index in [1.807, 2.05) is 4.90 Å². The number of benzene rings is 1. The number of hydrogen-bond donors (Lipinski definition) is 7. The van der Waals surface area contributed by atoms with Gasteiger partial charge in [0.25, 0.3) is 5.91 Å². The molecule has 3 saturated heterocycles. The Balaban J connectivity index is 1.50. The van der Waals surface area contributed by atoms with Crippen molar-refractivity contribution in [1.29, 1.82) is 0 Å². The van der Waals surface area contributed by atoms with Crippen molar-refractivity contribution >= 4 is 23.9 Å². The zero-order chi connectivity index (χ0) is 38.8. The van der Waals surface area contributed by atoms with Crippen molar-refractivity contribution in [2.24, 2.45) is 0 Å². The summed E-state index contributed by atoms with van der Waals surface area (Å²) in [7, 11) is 0. The highest BCUT2D eigenvalue weighted by atomic mass is 19.4. The third-order valence-corrected chi connectivity index (χ3v) is 9.51. The molecule has 3 heterocycles. The average molecular weight is 749 g/mol. The van der Waals surface area contributed by atoms with Crippen molar-refractivity contribution in [3.63, 3.8) is 0 Å². The highest BCUT2D eigenvalue weighted by Gasteiger charge is 2.55. The van der Waals surface area contributed by atoms with Gasteiger partial charge in [-0.2, -0.15) is 13.2 Å². The summed E-state index contributed by atoms with van der Waals surface area (Å²) >= 11 is 0. The fourth-order valence-electron chi connectivity index (χ4n) is 6.85. The number of amides is 3. The van der Waals surface area contributed by atoms with E-state index in [-0.39, 0.29) is 26.1 Å². The van der Waals surface area contributed by atoms with Gasteiger partial charge < -0.3 is 55.3 Å². The molecule has 7 atom stereocenters. The normalized spacial score (nSPS) is 28.3. The number of nitrogens with zero attached hydrogens (tertiary/aromatic N) is 2. The van der Waals surface area contributed by atoms with E-state index in [9.17, 15) is 57.9 Å². The van der Waals surface area contributed by atoms with Crippen LogP contribution in [0.3, 0.4) is 0 Å². The first-order chi connectivity index (χ1) is 24.1. The third-order valence-electron chi connectivity index (χ3n) is 9.51. The summed E-state index contributed by atoms with van der Waals surface area (Å²) in [4.78, 5) is 54.0. The lowest BCUT2D eigenvalue weighted by Crippen LogP contribution is -2.68. The molecular formula is C33H47F3N4O12. The zero-order valence-corrected chi connectivity index (χ0v) is 29.3. The maximum atomic E-state index is 13.2. The Morgan fingerprint density at radius 1 is 1.13 bits per heavy atom. The van der Waals surface area contributed by atoms with E-state index in [0.29, 0.717) is 38.2 Å². The Bertz CT molecular complexity index is 1490. The van der Waals surface area contributed by atoms with Crippen LogP contribution in [0.2, 0.25) is 0 Å². The van der Waals surface area contributed by atoms with Crippen molar-refractivity contribution in [2.75, 3.05) is 45.9 Å². The summed E-state index contributed by atoms with van der Waals surface area (Å²) in [5.41, 5.74) is -5.52. The number of halogens is 3. The topological polar surface area (TPSA) is 228 Å². The van der Waals surface area contributed by atoms with E-state index < -0.39 is 107 Å². The monoisotopic (exact) mass is 748 g/mol. The predicted molar refractivity (Wildman–Crippen MR) is 173 cm³/mol. The molecule has 7 N–H and O–H groups in total. The van der Waals surface area contributed by atoms with Crippen LogP contribution in [0.5, 0.6) is 5.75 Å². The Hall–Kier alpha value is -3.75. The largest absolute Gasteiger partial charge is 0.507 e. The minimum Gasteiger partial charge on any atom is -0.507 e. The number of nitrogens with one attached hydrogen (secondary N) is 2. The third kappa shape index (κ3) is 9.42. The number of phenols is 1. The molecule has 0 aliphatic carbocycles. The molecule has 292 valence electrons. The quantitative estimate of drug-likeness (QED) is 0.173. The second-order valence-corrected chi connectivity index (χ2v) is 14.5. The maximum Gasteiger partial charge on any atom is 0.419 e. The Morgan fingerprint density at radius 2 is 1.83 bits per heavy atom. The lowest BCUT2D eigenvalue weighted by atomic mass is 9.81. The van der Waals surface area contributed by atoms with Crippen molar-refractivity contribution < 1.29 is 72.1 Å². The molecule has 0 bridgehead atoms. The standard InChI is InChI=1S/C33H47F3N4O12/c1-18(41)38-24-22(43)14-32(28(47)48,8-10-40-11-12-50-17-31(40)7-9-39(16-31)29(49)52-30(2,3)4)51-26(24)25(45)23(44)15-37-27(46)19-5-6-21(42)20(13-19)33(34,35)36/h5-6,13,22-26,42-45H,7-12,14-17H2,1-4H3,(H,37,46)(H,38,41)(H,47,48)/t22-,23+,24+,25+,26+,31-,32+/m0/s1. The molecule has 3 aliphatic heterocycles. The van der Waals surface area contributed by atoms with Gasteiger partial charge >= 0.3 is 18.2 Å². The number of hydrogen-bond acceptors (Lipinski definition) is 12. The van der Waals surface area contributed by atoms with Gasteiger partial charge in [-0.15, -0.1) is 0 Å². The van der Waals surface area contributed by atoms with Gasteiger partial charge in [-0.1, -0.05) is 0 Å². The molecule has 1 aromatic rings. The number of morpholine rings is 1. The summed E-state index contributed by atoms with van der Waals surface area (Å²) < 4.78 is 57.0. The van der Waals surface area contributed by atoms with Crippen LogP contribution >= 0.6 is 0 Å². The number of carboxylic acid groups (broad SMARTS) is 1. The molecule has 52 heavy (non-hydrogen) atoms. The summed E-state index contributed by atoms with van der Waals surface area (Å²) in [5.74, 6) is -4.37. The molecule has 4 rings (SSSR count). The first-order valence-electron chi connectivity index (χ1n) is 16.8. The van der Waals surface area contributed by atoms with Gasteiger partial charge in [0.15, 0.2) is 5.60 Å². The second kappa shape index (κ2) is 15.7. The smallest absolute Gasteiger partial charge is 0.419 e. The number of carbonyl (C=O) groups is 4. The summed E-state index contributed by atoms with van der Waals surface area (Å²) in [5, 5.41) is 57.9. The van der Waals surface area contributed by atoms with Gasteiger partial charge in [-0.05, 0) is 45.4 Å². The molecule has 16 nitrogen and oxygen atoms in total. The molecule has 3 fully saturated rings. The van der Waals surface area contributed by atoms with E-state index in [2.05, 4.69) is 10.6 Å². The van der Waals surface area contributed by atoms with Gasteiger partial charge in [-0.25, -0.2) is 9.59 Å². The molecule has 0 saturated carbocycles. The molecule has 3 aliphatic rings. The lowest BCUT2D eigenvalue weighted by Gasteiger charge is -2.49. The Kier molecular flexibility index (Phi) is 12.4. The summed E-state index contributed by atoms with van der Waals surface area (Å²) in [6, 6.07) is 0.577. The van der Waals surface area contributed by atoms with Gasteiger partial charge in [0, 0.05) is 58.1 Å². The Morgan fingerprint density at radius 3 is 2.44 bits per heavy atom. The number of ether oxygens (including phenoxy) is 3. The number of aliphatic carboxylic acids is 1. The first-order valence-corrected chi connectivity index (χ1v) is 16.8. The highest BCUT2D eigenvalue weighted by Crippen LogP contribution is 2.39. The van der Waals surface area contributed by atoms with E-state index >= 15 is 0 Å². The SMILES string of the molecule is CC(=O)N[C@H]1[C@H]([C@H](O)[C@H](O)CNC(=O)c2ccc(O)c(C(F)(F)F)c2)O[C@@](CCN2CCOC[C@@]23CCN(C(=O)OC(C)(C)C)C3)(C(=O)O)C[C@@H]1O. The average Bonchev–Trinajstić information content (AvgIpc) is 3.47. The number of aliphatic hydroxyl groups excluding tert-OH is 3. The predicted octanol–water partition coefficient (Wildman–Crippen LogP) is 0.442. The molecule has 19 heteroatoms. The van der Waals surface area contributed by atoms with Crippen LogP contribution in [-0.4, -0.2) is 152 Å². The lowest BCUT2D eigenvalue weighted by molar-refractivity contribution is -0.231. The number of aliphatic hydroxyl groups is 3. The Labute approximate surface area is 297 Å². The highest BCUT2D eigenvalue weighted by molar-refractivity contribution is 5.94. The number of carbonyl (C=O) groups excluding carboxylic acids is 3. The number of aromatic hydroxyl groups is 1. The van der Waals surface area contributed by atoms with Gasteiger partial charge in [0.2, 0.25) is 5.91 Å². The molecule has 1 spiro atoms. The number of carboxylic acids is 1. The first kappa shape index (κ1) is 41.0. The second-order valence-electron chi connectivity index (χ2n) is 14.5. The minimum absolute atomic E-state index is 0.0866. The maximum absolute atomic E-state index is 13.2. The van der Waals surface area contributed by atoms with E-state index in [4.69, 9.17) is 14.2 Å². The molecule has 1 aromatic carbocycles. The van der Waals surface area contributed by atoms with E-state index in [1.54, 1.807) is 25.7 Å². The number of likely N-dealkylation sites (tertiary alicyclic amines) is 1. The van der Waals surface area contributed by atoms with Crippen LogP contribution in [0.15, 0.2) is 18.2 Å². The minimum atomic E-state index is -4.97. The number of alkyl halides is 3. The van der Waals surface area contributed by atoms with Gasteiger partial charge in [0.1, 0.15) is 23.6 Å². The molecule has 0 unspecified atom stereocenters. The molecule has 0 radical (unpaired) electrons. The van der Waals surface area contributed by atoms with Crippen molar-refractivity contribution in [3.05, 3.63) is 29.3 Å². The molecule has 3 amide bonds. The van der Waals surface area contributed by atoms with Crippen molar-refractivity contribution in [2.45, 2.75) is 100 Å². The van der Waals surface area contributed by atoms with Crippen LogP contribution in [0.1, 0.15) is 62.9 Å². The van der Waals surface area contributed by atoms with E-state index in [1.165, 1.54) is 0 Å². The van der Waals surface area contributed by atoms with Crippen LogP contribution in [0, 0.1) is 0 Å². The van der Waals surface area contributed by atoms with Crippen molar-refractivity contribution in [3.8, 4) is 5.75 Å². The number of phenolic OH excluding ortho intramolecular Hbond substituents is 1. The van der Waals surface area contributed by atoms with Crippen LogP contribution in [-0.2, 0) is 30.0 Å². The van der Waals surface area contributed by atoms with Crippen LogP contribution in [0.25, 0.3) is 0 Å². The van der Waals surface area contributed by atoms with Crippen molar-refractivity contribution in [1.82, 2.24) is 20.4 Å². The van der Waals surface area contributed by atoms with Crippen LogP contribution < -0.4 is 10.6 Å². The zero-order valence-electron chi connectivity index (χ0n) is 29.3. The fraction of sp³-hybridized carbons (Fsp3) is 0.697. The summed E-state index contributed by atoms with van der Waals surface area (Å²) in [6.45, 7) is 7.25. The van der Waals surface area contributed by atoms with E-state index in [0.717, 1.165) is 13.0 Å². The molecular weight excluding hydrogens is 701 g/mol. The summed E-state index contributed by atoms with van der Waals surface area (Å²) in [6.07, 6.45) is -13.0.